The van der Waals surface area contributed by atoms with Crippen molar-refractivity contribution >= 4 is 23.8 Å². The second kappa shape index (κ2) is 7.30. The maximum absolute atomic E-state index is 13.0. The maximum Gasteiger partial charge on any atom is 0.225 e. The fourth-order valence-corrected chi connectivity index (χ4v) is 3.73. The molecule has 1 saturated carbocycles. The Kier molecular flexibility index (Phi) is 5.29. The van der Waals surface area contributed by atoms with Crippen LogP contribution in [-0.2, 0) is 9.59 Å². The predicted octanol–water partition coefficient (Wildman–Crippen LogP) is 2.40. The molecule has 1 aromatic carbocycles. The van der Waals surface area contributed by atoms with Crippen LogP contribution in [0.4, 0.5) is 4.39 Å². The number of benzene rings is 1. The third kappa shape index (κ3) is 4.12. The van der Waals surface area contributed by atoms with Crippen LogP contribution < -0.4 is 10.5 Å². The summed E-state index contributed by atoms with van der Waals surface area (Å²) in [7, 11) is 0. The molecule has 3 rings (SSSR count). The minimum atomic E-state index is -0.401. The van der Waals surface area contributed by atoms with E-state index in [2.05, 4.69) is 0 Å². The number of carbonyl (C=O) groups excluding carboxylic acids is 2. The van der Waals surface area contributed by atoms with Gasteiger partial charge < -0.3 is 20.2 Å². The van der Waals surface area contributed by atoms with Gasteiger partial charge in [-0.1, -0.05) is 11.6 Å². The molecule has 5 nitrogen and oxygen atoms in total. The fraction of sp³-hybridized carbons (Fsp3) is 0.556. The summed E-state index contributed by atoms with van der Waals surface area (Å²) in [6, 6.07) is 4.04. The van der Waals surface area contributed by atoms with Crippen LogP contribution in [-0.4, -0.2) is 42.3 Å². The lowest BCUT2D eigenvalue weighted by Crippen LogP contribution is -2.69. The molecule has 1 saturated heterocycles. The molecule has 1 aliphatic heterocycles. The van der Waals surface area contributed by atoms with Crippen LogP contribution in [0.1, 0.15) is 25.7 Å². The molecule has 2 fully saturated rings. The van der Waals surface area contributed by atoms with Crippen LogP contribution in [0.2, 0.25) is 5.02 Å². The van der Waals surface area contributed by atoms with Crippen molar-refractivity contribution in [3.8, 4) is 5.75 Å². The number of hydrogen-bond donors (Lipinski definition) is 1. The first-order valence-corrected chi connectivity index (χ1v) is 8.87. The zero-order valence-electron chi connectivity index (χ0n) is 13.9. The number of nitrogens with zero attached hydrogens (tertiary/aromatic N) is 1. The van der Waals surface area contributed by atoms with Gasteiger partial charge in [0.15, 0.2) is 0 Å². The van der Waals surface area contributed by atoms with E-state index in [4.69, 9.17) is 22.1 Å². The summed E-state index contributed by atoms with van der Waals surface area (Å²) in [5, 5.41) is 0.252. The zero-order chi connectivity index (χ0) is 18.0. The minimum Gasteiger partial charge on any atom is -0.492 e. The smallest absolute Gasteiger partial charge is 0.225 e. The average Bonchev–Trinajstić information content (AvgIpc) is 2.50. The van der Waals surface area contributed by atoms with Gasteiger partial charge in [-0.15, -0.1) is 0 Å². The van der Waals surface area contributed by atoms with Gasteiger partial charge in [0.05, 0.1) is 17.2 Å². The quantitative estimate of drug-likeness (QED) is 0.750. The highest BCUT2D eigenvalue weighted by Crippen LogP contribution is 2.38. The number of rotatable bonds is 7. The van der Waals surface area contributed by atoms with Gasteiger partial charge in [-0.2, -0.15) is 0 Å². The van der Waals surface area contributed by atoms with Crippen molar-refractivity contribution in [2.24, 2.45) is 17.6 Å². The molecular weight excluding hydrogens is 347 g/mol. The highest BCUT2D eigenvalue weighted by molar-refractivity contribution is 6.32. The second-order valence-corrected chi connectivity index (χ2v) is 7.59. The lowest BCUT2D eigenvalue weighted by Gasteiger charge is -2.50. The Bertz CT molecular complexity index is 658. The Morgan fingerprint density at radius 1 is 1.44 bits per heavy atom. The van der Waals surface area contributed by atoms with Crippen molar-refractivity contribution in [3.63, 3.8) is 0 Å². The van der Waals surface area contributed by atoms with E-state index in [9.17, 15) is 14.0 Å². The van der Waals surface area contributed by atoms with E-state index >= 15 is 0 Å². The normalized spacial score (nSPS) is 24.2. The van der Waals surface area contributed by atoms with Gasteiger partial charge in [0.2, 0.25) is 5.91 Å². The topological polar surface area (TPSA) is 72.6 Å². The minimum absolute atomic E-state index is 0.0212. The van der Waals surface area contributed by atoms with Crippen molar-refractivity contribution in [2.45, 2.75) is 31.2 Å². The molecule has 0 radical (unpaired) electrons. The summed E-state index contributed by atoms with van der Waals surface area (Å²) in [5.41, 5.74) is 5.73. The lowest BCUT2D eigenvalue weighted by atomic mass is 9.73. The average molecular weight is 369 g/mol. The Morgan fingerprint density at radius 3 is 2.80 bits per heavy atom. The van der Waals surface area contributed by atoms with Crippen LogP contribution in [0.25, 0.3) is 0 Å². The van der Waals surface area contributed by atoms with Gasteiger partial charge in [-0.25, -0.2) is 4.39 Å². The number of likely N-dealkylation sites (tertiary alicyclic amines) is 1. The number of ether oxygens (including phenoxy) is 1. The number of aldehydes is 1. The molecule has 7 heteroatoms. The van der Waals surface area contributed by atoms with Crippen molar-refractivity contribution in [1.29, 1.82) is 0 Å². The van der Waals surface area contributed by atoms with Gasteiger partial charge in [0, 0.05) is 25.4 Å². The van der Waals surface area contributed by atoms with E-state index in [0.717, 1.165) is 19.1 Å². The van der Waals surface area contributed by atoms with E-state index < -0.39 is 11.4 Å². The number of carbonyl (C=O) groups is 2. The number of amides is 1. The van der Waals surface area contributed by atoms with Crippen LogP contribution in [0, 0.1) is 17.7 Å². The number of halogens is 2. The Balaban J connectivity index is 1.38. The van der Waals surface area contributed by atoms with E-state index in [0.29, 0.717) is 44.2 Å². The molecule has 0 spiro atoms. The van der Waals surface area contributed by atoms with Gasteiger partial charge in [-0.05, 0) is 43.4 Å². The largest absolute Gasteiger partial charge is 0.492 e. The molecule has 0 aromatic heterocycles. The Hall–Kier alpha value is -1.66. The number of hydrogen-bond acceptors (Lipinski definition) is 4. The third-order valence-corrected chi connectivity index (χ3v) is 5.33. The molecule has 25 heavy (non-hydrogen) atoms. The molecule has 0 unspecified atom stereocenters. The van der Waals surface area contributed by atoms with Gasteiger partial charge in [0.1, 0.15) is 17.9 Å². The Morgan fingerprint density at radius 2 is 2.16 bits per heavy atom. The highest BCUT2D eigenvalue weighted by atomic mass is 35.5. The molecule has 0 atom stereocenters. The second-order valence-electron chi connectivity index (χ2n) is 7.18. The summed E-state index contributed by atoms with van der Waals surface area (Å²) >= 11 is 5.92. The van der Waals surface area contributed by atoms with Gasteiger partial charge in [0.25, 0.3) is 0 Å². The summed E-state index contributed by atoms with van der Waals surface area (Å²) in [4.78, 5) is 24.6. The summed E-state index contributed by atoms with van der Waals surface area (Å²) in [5.74, 6) is 0.527. The predicted molar refractivity (Wildman–Crippen MR) is 91.9 cm³/mol. The van der Waals surface area contributed by atoms with Crippen LogP contribution in [0.3, 0.4) is 0 Å². The first kappa shape index (κ1) is 18.1. The molecule has 0 bridgehead atoms. The first-order chi connectivity index (χ1) is 11.9. The van der Waals surface area contributed by atoms with Crippen molar-refractivity contribution in [3.05, 3.63) is 29.0 Å². The molecular formula is C18H22ClFN2O3. The zero-order valence-corrected chi connectivity index (χ0v) is 14.7. The molecule has 2 N–H and O–H groups in total. The molecule has 136 valence electrons. The van der Waals surface area contributed by atoms with Crippen molar-refractivity contribution in [1.82, 2.24) is 4.90 Å². The first-order valence-electron chi connectivity index (χ1n) is 8.49. The van der Waals surface area contributed by atoms with Crippen molar-refractivity contribution in [2.75, 3.05) is 19.7 Å². The molecule has 1 aromatic rings. The number of nitrogens with two attached hydrogens (primary N) is 1. The molecule has 1 amide bonds. The van der Waals surface area contributed by atoms with Crippen LogP contribution >= 0.6 is 11.6 Å². The van der Waals surface area contributed by atoms with E-state index in [-0.39, 0.29) is 16.8 Å². The highest BCUT2D eigenvalue weighted by Gasteiger charge is 2.45. The molecule has 2 aliphatic rings. The molecule has 1 aliphatic carbocycles. The van der Waals surface area contributed by atoms with Gasteiger partial charge >= 0.3 is 0 Å². The summed E-state index contributed by atoms with van der Waals surface area (Å²) in [6.45, 7) is 1.53. The van der Waals surface area contributed by atoms with E-state index in [1.165, 1.54) is 18.2 Å². The SMILES string of the molecule is NC1(CCC=O)CN(C(=O)[C@H]2C[C@@H](COc3ccc(F)cc3Cl)C2)C1. The summed E-state index contributed by atoms with van der Waals surface area (Å²) < 4.78 is 18.6. The third-order valence-electron chi connectivity index (χ3n) is 5.04. The van der Waals surface area contributed by atoms with Gasteiger partial charge in [-0.3, -0.25) is 4.79 Å². The van der Waals surface area contributed by atoms with Crippen LogP contribution in [0.15, 0.2) is 18.2 Å². The fourth-order valence-electron chi connectivity index (χ4n) is 3.51. The Labute approximate surface area is 151 Å². The van der Waals surface area contributed by atoms with Crippen LogP contribution in [0.5, 0.6) is 5.75 Å². The van der Waals surface area contributed by atoms with E-state index in [1.807, 2.05) is 0 Å². The maximum atomic E-state index is 13.0. The van der Waals surface area contributed by atoms with E-state index in [1.54, 1.807) is 4.90 Å². The summed E-state index contributed by atoms with van der Waals surface area (Å²) in [6.07, 6.45) is 3.48. The van der Waals surface area contributed by atoms with Crippen molar-refractivity contribution < 1.29 is 18.7 Å². The molecule has 1 heterocycles. The lowest BCUT2D eigenvalue weighted by molar-refractivity contribution is -0.148. The standard InChI is InChI=1S/C18H22ClFN2O3/c19-15-8-14(20)2-3-16(15)25-9-12-6-13(7-12)17(24)22-10-18(21,11-22)4-1-5-23/h2-3,5,8,12-13H,1,4,6-7,9-11,21H2/t12-,13+. The monoisotopic (exact) mass is 368 g/mol.